The molecule has 0 heterocycles. The third kappa shape index (κ3) is 6.35. The van der Waals surface area contributed by atoms with E-state index in [0.717, 1.165) is 16.7 Å². The molecule has 0 saturated carbocycles. The van der Waals surface area contributed by atoms with E-state index in [4.69, 9.17) is 10.8 Å². The van der Waals surface area contributed by atoms with E-state index in [1.165, 1.54) is 6.92 Å². The van der Waals surface area contributed by atoms with Gasteiger partial charge in [-0.3, -0.25) is 4.79 Å². The van der Waals surface area contributed by atoms with Crippen molar-refractivity contribution >= 4 is 27.5 Å². The van der Waals surface area contributed by atoms with Crippen LogP contribution in [0.3, 0.4) is 0 Å². The second-order valence-electron chi connectivity index (χ2n) is 9.23. The summed E-state index contributed by atoms with van der Waals surface area (Å²) in [5, 5.41) is 11.9. The molecular weight excluding hydrogens is 438 g/mol. The van der Waals surface area contributed by atoms with E-state index in [0.29, 0.717) is 11.3 Å². The number of hydrogen-bond donors (Lipinski definition) is 3. The highest BCUT2D eigenvalue weighted by Gasteiger charge is 2.27. The van der Waals surface area contributed by atoms with Crippen LogP contribution in [0.5, 0.6) is 0 Å². The number of carboxylic acid groups (broad SMARTS) is 1. The first-order valence-electron chi connectivity index (χ1n) is 11.1. The molecule has 180 valence electrons. The molecule has 2 aromatic carbocycles. The van der Waals surface area contributed by atoms with Crippen LogP contribution >= 0.6 is 0 Å². The Hall–Kier alpha value is -2.87. The molecule has 0 radical (unpaired) electrons. The van der Waals surface area contributed by atoms with Crippen molar-refractivity contribution in [3.05, 3.63) is 58.7 Å². The molecular formula is C25H35N3O4S. The fourth-order valence-corrected chi connectivity index (χ4v) is 5.14. The second kappa shape index (κ2) is 10.4. The summed E-state index contributed by atoms with van der Waals surface area (Å²) >= 11 is 0. The van der Waals surface area contributed by atoms with Crippen LogP contribution in [-0.4, -0.2) is 31.4 Å². The molecule has 0 aromatic heterocycles. The average molecular weight is 474 g/mol. The van der Waals surface area contributed by atoms with Crippen molar-refractivity contribution in [3.8, 4) is 0 Å². The Bertz CT molecular complexity index is 1120. The zero-order valence-electron chi connectivity index (χ0n) is 20.4. The first kappa shape index (κ1) is 26.4. The van der Waals surface area contributed by atoms with E-state index >= 15 is 0 Å². The lowest BCUT2D eigenvalue weighted by molar-refractivity contribution is -0.137. The van der Waals surface area contributed by atoms with Gasteiger partial charge in [-0.15, -0.1) is 4.40 Å². The predicted octanol–water partition coefficient (Wildman–Crippen LogP) is 5.04. The Morgan fingerprint density at radius 2 is 1.48 bits per heavy atom. The Kier molecular flexibility index (Phi) is 8.30. The molecule has 0 fully saturated rings. The van der Waals surface area contributed by atoms with Crippen molar-refractivity contribution in [3.63, 3.8) is 0 Å². The summed E-state index contributed by atoms with van der Waals surface area (Å²) in [5.41, 5.74) is 9.57. The Balaban J connectivity index is 2.62. The quantitative estimate of drug-likeness (QED) is 0.347. The molecule has 0 amide bonds. The van der Waals surface area contributed by atoms with Gasteiger partial charge in [0.05, 0.1) is 4.90 Å². The molecule has 0 aliphatic heterocycles. The summed E-state index contributed by atoms with van der Waals surface area (Å²) in [6.45, 7) is 13.5. The van der Waals surface area contributed by atoms with Gasteiger partial charge in [-0.2, -0.15) is 8.42 Å². The molecule has 2 aromatic rings. The summed E-state index contributed by atoms with van der Waals surface area (Å²) in [5.74, 6) is -0.940. The SMILES string of the molecule is CC(C)c1cc(C(C)C)c(S(=O)(=O)N=C(N)c2cccc(N[C@@H](C)C(=O)O)c2)c(C(C)C)c1. The minimum Gasteiger partial charge on any atom is -0.480 e. The van der Waals surface area contributed by atoms with E-state index in [2.05, 4.69) is 23.6 Å². The van der Waals surface area contributed by atoms with Gasteiger partial charge >= 0.3 is 5.97 Å². The standard InChI is InChI=1S/C25H35N3O4S/c1-14(2)19-12-21(15(3)4)23(22(13-19)16(5)6)33(31,32)28-24(26)18-9-8-10-20(11-18)27-17(7)25(29)30/h8-17,27H,1-7H3,(H2,26,28)(H,29,30)/t17-/m0/s1. The number of sulfonamides is 1. The molecule has 7 nitrogen and oxygen atoms in total. The van der Waals surface area contributed by atoms with Crippen LogP contribution in [0.25, 0.3) is 0 Å². The van der Waals surface area contributed by atoms with Gasteiger partial charge in [0, 0.05) is 11.3 Å². The number of rotatable bonds is 9. The number of hydrogen-bond acceptors (Lipinski definition) is 4. The van der Waals surface area contributed by atoms with Crippen LogP contribution < -0.4 is 11.1 Å². The maximum atomic E-state index is 13.5. The lowest BCUT2D eigenvalue weighted by Gasteiger charge is -2.21. The van der Waals surface area contributed by atoms with Crippen LogP contribution in [0.1, 0.15) is 88.5 Å². The lowest BCUT2D eigenvalue weighted by atomic mass is 9.89. The summed E-state index contributed by atoms with van der Waals surface area (Å²) in [7, 11) is -4.10. The van der Waals surface area contributed by atoms with E-state index in [1.54, 1.807) is 24.3 Å². The van der Waals surface area contributed by atoms with Crippen LogP contribution in [0, 0.1) is 0 Å². The fourth-order valence-electron chi connectivity index (χ4n) is 3.50. The number of aliphatic carboxylic acids is 1. The molecule has 0 saturated heterocycles. The van der Waals surface area contributed by atoms with Gasteiger partial charge in [-0.1, -0.05) is 65.8 Å². The smallest absolute Gasteiger partial charge is 0.325 e. The van der Waals surface area contributed by atoms with Crippen molar-refractivity contribution in [1.29, 1.82) is 0 Å². The number of anilines is 1. The fraction of sp³-hybridized carbons (Fsp3) is 0.440. The average Bonchev–Trinajstić information content (AvgIpc) is 2.72. The second-order valence-corrected chi connectivity index (χ2v) is 10.8. The van der Waals surface area contributed by atoms with Crippen molar-refractivity contribution < 1.29 is 18.3 Å². The molecule has 0 aliphatic rings. The topological polar surface area (TPSA) is 122 Å². The maximum absolute atomic E-state index is 13.5. The predicted molar refractivity (Wildman–Crippen MR) is 134 cm³/mol. The van der Waals surface area contributed by atoms with Gasteiger partial charge in [-0.25, -0.2) is 0 Å². The first-order chi connectivity index (χ1) is 15.2. The number of carboxylic acids is 1. The normalized spacial score (nSPS) is 13.6. The number of carbonyl (C=O) groups is 1. The molecule has 0 spiro atoms. The monoisotopic (exact) mass is 473 g/mol. The van der Waals surface area contributed by atoms with Crippen molar-refractivity contribution in [2.24, 2.45) is 10.1 Å². The van der Waals surface area contributed by atoms with Gasteiger partial charge in [0.2, 0.25) is 0 Å². The Morgan fingerprint density at radius 1 is 0.939 bits per heavy atom. The number of nitrogens with two attached hydrogens (primary N) is 1. The van der Waals surface area contributed by atoms with E-state index in [-0.39, 0.29) is 28.5 Å². The van der Waals surface area contributed by atoms with E-state index in [9.17, 15) is 13.2 Å². The third-order valence-electron chi connectivity index (χ3n) is 5.47. The summed E-state index contributed by atoms with van der Waals surface area (Å²) < 4.78 is 31.1. The summed E-state index contributed by atoms with van der Waals surface area (Å²) in [6, 6.07) is 9.67. The maximum Gasteiger partial charge on any atom is 0.325 e. The van der Waals surface area contributed by atoms with Crippen molar-refractivity contribution in [1.82, 2.24) is 0 Å². The van der Waals surface area contributed by atoms with Gasteiger partial charge in [0.1, 0.15) is 11.9 Å². The minimum atomic E-state index is -4.10. The van der Waals surface area contributed by atoms with Gasteiger partial charge in [-0.05, 0) is 53.5 Å². The highest BCUT2D eigenvalue weighted by molar-refractivity contribution is 7.90. The van der Waals surface area contributed by atoms with Gasteiger partial charge in [0.15, 0.2) is 0 Å². The van der Waals surface area contributed by atoms with Gasteiger partial charge in [0.25, 0.3) is 10.0 Å². The number of nitrogens with zero attached hydrogens (tertiary/aromatic N) is 1. The molecule has 2 rings (SSSR count). The summed E-state index contributed by atoms with van der Waals surface area (Å²) in [6.07, 6.45) is 0. The number of benzene rings is 2. The molecule has 0 bridgehead atoms. The number of nitrogens with one attached hydrogen (secondary N) is 1. The van der Waals surface area contributed by atoms with Crippen LogP contribution in [0.2, 0.25) is 0 Å². The number of amidine groups is 1. The summed E-state index contributed by atoms with van der Waals surface area (Å²) in [4.78, 5) is 11.3. The molecule has 0 aliphatic carbocycles. The molecule has 1 atom stereocenters. The van der Waals surface area contributed by atoms with Crippen LogP contribution in [0.15, 0.2) is 45.7 Å². The lowest BCUT2D eigenvalue weighted by Crippen LogP contribution is -2.25. The first-order valence-corrected chi connectivity index (χ1v) is 12.6. The van der Waals surface area contributed by atoms with Crippen LogP contribution in [0.4, 0.5) is 5.69 Å². The van der Waals surface area contributed by atoms with Crippen molar-refractivity contribution in [2.45, 2.75) is 77.2 Å². The largest absolute Gasteiger partial charge is 0.480 e. The third-order valence-corrected chi connectivity index (χ3v) is 6.89. The Morgan fingerprint density at radius 3 is 1.94 bits per heavy atom. The van der Waals surface area contributed by atoms with E-state index < -0.39 is 22.0 Å². The highest BCUT2D eigenvalue weighted by atomic mass is 32.2. The molecule has 0 unspecified atom stereocenters. The highest BCUT2D eigenvalue weighted by Crippen LogP contribution is 2.36. The Labute approximate surface area is 197 Å². The zero-order valence-corrected chi connectivity index (χ0v) is 21.2. The molecule has 4 N–H and O–H groups in total. The minimum absolute atomic E-state index is 0.0209. The van der Waals surface area contributed by atoms with Gasteiger partial charge < -0.3 is 16.2 Å². The zero-order chi connectivity index (χ0) is 25.1. The molecule has 8 heteroatoms. The van der Waals surface area contributed by atoms with Crippen LogP contribution in [-0.2, 0) is 14.8 Å². The molecule has 33 heavy (non-hydrogen) atoms. The van der Waals surface area contributed by atoms with Crippen molar-refractivity contribution in [2.75, 3.05) is 5.32 Å². The van der Waals surface area contributed by atoms with E-state index in [1.807, 2.05) is 39.8 Å².